The molecule has 0 atom stereocenters. The molecular weight excluding hydrogens is 360 g/mol. The van der Waals surface area contributed by atoms with E-state index in [1.807, 2.05) is 32.0 Å². The number of aryl methyl sites for hydroxylation is 2. The number of fused-ring (bicyclic) bond motifs is 1. The van der Waals surface area contributed by atoms with Gasteiger partial charge in [0.1, 0.15) is 5.69 Å². The molecule has 2 heterocycles. The predicted molar refractivity (Wildman–Crippen MR) is 108 cm³/mol. The molecule has 0 aliphatic carbocycles. The number of nitrogens with zero attached hydrogens (tertiary/aromatic N) is 3. The van der Waals surface area contributed by atoms with Gasteiger partial charge in [-0.3, -0.25) is 4.79 Å². The summed E-state index contributed by atoms with van der Waals surface area (Å²) in [7, 11) is 0. The summed E-state index contributed by atoms with van der Waals surface area (Å²) in [6.45, 7) is 4.59. The highest BCUT2D eigenvalue weighted by Crippen LogP contribution is 2.32. The second-order valence-corrected chi connectivity index (χ2v) is 7.07. The number of anilines is 3. The Balaban J connectivity index is 1.65. The maximum Gasteiger partial charge on any atom is 0.274 e. The number of hydrogen-bond acceptors (Lipinski definition) is 4. The van der Waals surface area contributed by atoms with Gasteiger partial charge in [0.15, 0.2) is 0 Å². The first-order valence-electron chi connectivity index (χ1n) is 8.80. The molecule has 1 aliphatic rings. The van der Waals surface area contributed by atoms with Crippen molar-refractivity contribution >= 4 is 34.8 Å². The van der Waals surface area contributed by atoms with E-state index in [4.69, 9.17) is 11.6 Å². The predicted octanol–water partition coefficient (Wildman–Crippen LogP) is 4.69. The Morgan fingerprint density at radius 3 is 2.78 bits per heavy atom. The third kappa shape index (κ3) is 3.51. The third-order valence-electron chi connectivity index (χ3n) is 4.65. The summed E-state index contributed by atoms with van der Waals surface area (Å²) >= 11 is 6.05. The molecule has 1 aliphatic heterocycles. The first-order chi connectivity index (χ1) is 13.0. The Labute approximate surface area is 163 Å². The summed E-state index contributed by atoms with van der Waals surface area (Å²) in [5, 5.41) is 3.47. The van der Waals surface area contributed by atoms with Crippen LogP contribution in [0.5, 0.6) is 0 Å². The van der Waals surface area contributed by atoms with Crippen LogP contribution in [0.1, 0.15) is 27.3 Å². The Bertz CT molecular complexity index is 1030. The summed E-state index contributed by atoms with van der Waals surface area (Å²) < 4.78 is 0. The van der Waals surface area contributed by atoms with Crippen LogP contribution in [0.4, 0.5) is 17.3 Å². The topological polar surface area (TPSA) is 58.1 Å². The molecule has 27 heavy (non-hydrogen) atoms. The Morgan fingerprint density at radius 1 is 1.11 bits per heavy atom. The van der Waals surface area contributed by atoms with Gasteiger partial charge in [-0.25, -0.2) is 9.97 Å². The highest BCUT2D eigenvalue weighted by molar-refractivity contribution is 6.31. The minimum atomic E-state index is -0.278. The summed E-state index contributed by atoms with van der Waals surface area (Å²) in [6.07, 6.45) is 0.941. The highest BCUT2D eigenvalue weighted by atomic mass is 35.5. The minimum absolute atomic E-state index is 0.278. The van der Waals surface area contributed by atoms with Crippen molar-refractivity contribution in [1.29, 1.82) is 0 Å². The lowest BCUT2D eigenvalue weighted by Crippen LogP contribution is -2.21. The Morgan fingerprint density at radius 2 is 1.93 bits per heavy atom. The fraction of sp³-hybridized carbons (Fsp3) is 0.190. The number of para-hydroxylation sites is 1. The van der Waals surface area contributed by atoms with Gasteiger partial charge in [0.2, 0.25) is 5.95 Å². The van der Waals surface area contributed by atoms with Crippen LogP contribution in [0.3, 0.4) is 0 Å². The van der Waals surface area contributed by atoms with Crippen LogP contribution in [0.25, 0.3) is 0 Å². The molecule has 0 bridgehead atoms. The number of carbonyl (C=O) groups is 1. The third-order valence-corrected chi connectivity index (χ3v) is 4.89. The molecule has 0 saturated carbocycles. The minimum Gasteiger partial charge on any atom is -0.320 e. The molecule has 1 amide bonds. The molecule has 0 spiro atoms. The van der Waals surface area contributed by atoms with E-state index >= 15 is 0 Å². The van der Waals surface area contributed by atoms with Gasteiger partial charge in [-0.2, -0.15) is 0 Å². The zero-order valence-corrected chi connectivity index (χ0v) is 15.9. The van der Waals surface area contributed by atoms with E-state index < -0.39 is 0 Å². The first kappa shape index (κ1) is 17.5. The van der Waals surface area contributed by atoms with Crippen LogP contribution >= 0.6 is 11.6 Å². The maximum atomic E-state index is 12.8. The van der Waals surface area contributed by atoms with Crippen molar-refractivity contribution < 1.29 is 4.79 Å². The van der Waals surface area contributed by atoms with E-state index in [-0.39, 0.29) is 5.91 Å². The van der Waals surface area contributed by atoms with Gasteiger partial charge in [0.05, 0.1) is 0 Å². The van der Waals surface area contributed by atoms with Gasteiger partial charge in [-0.05, 0) is 55.7 Å². The fourth-order valence-electron chi connectivity index (χ4n) is 3.25. The normalized spacial score (nSPS) is 12.8. The van der Waals surface area contributed by atoms with Gasteiger partial charge in [0.25, 0.3) is 5.91 Å². The van der Waals surface area contributed by atoms with Crippen LogP contribution in [-0.4, -0.2) is 22.4 Å². The van der Waals surface area contributed by atoms with Gasteiger partial charge < -0.3 is 10.2 Å². The lowest BCUT2D eigenvalue weighted by molar-refractivity contribution is 0.102. The van der Waals surface area contributed by atoms with E-state index in [0.717, 1.165) is 29.9 Å². The van der Waals surface area contributed by atoms with E-state index in [1.165, 1.54) is 5.56 Å². The number of hydrogen-bond donors (Lipinski definition) is 1. The quantitative estimate of drug-likeness (QED) is 0.718. The number of rotatable bonds is 3. The molecule has 3 aromatic rings. The van der Waals surface area contributed by atoms with Crippen LogP contribution in [0.2, 0.25) is 5.02 Å². The van der Waals surface area contributed by atoms with Crippen LogP contribution < -0.4 is 10.2 Å². The van der Waals surface area contributed by atoms with Crippen molar-refractivity contribution in [3.8, 4) is 0 Å². The van der Waals surface area contributed by atoms with Gasteiger partial charge in [-0.1, -0.05) is 35.9 Å². The van der Waals surface area contributed by atoms with Crippen LogP contribution in [-0.2, 0) is 6.42 Å². The Hall–Kier alpha value is -2.92. The lowest BCUT2D eigenvalue weighted by Gasteiger charge is -2.18. The van der Waals surface area contributed by atoms with Gasteiger partial charge in [0, 0.05) is 28.6 Å². The van der Waals surface area contributed by atoms with Crippen molar-refractivity contribution in [2.75, 3.05) is 16.8 Å². The summed E-state index contributed by atoms with van der Waals surface area (Å²) in [4.78, 5) is 23.9. The molecule has 1 aromatic heterocycles. The zero-order chi connectivity index (χ0) is 19.0. The largest absolute Gasteiger partial charge is 0.320 e. The molecule has 0 saturated heterocycles. The molecule has 1 N–H and O–H groups in total. The molecule has 2 aromatic carbocycles. The average Bonchev–Trinajstić information content (AvgIpc) is 3.08. The molecular formula is C21H19ClN4O. The second-order valence-electron chi connectivity index (χ2n) is 6.64. The van der Waals surface area contributed by atoms with Crippen molar-refractivity contribution in [2.24, 2.45) is 0 Å². The van der Waals surface area contributed by atoms with E-state index in [1.54, 1.807) is 18.2 Å². The SMILES string of the molecule is Cc1cc(C(=O)Nc2cc(Cl)ccc2C)nc(N2CCc3ccccc32)n1. The average molecular weight is 379 g/mol. The van der Waals surface area contributed by atoms with E-state index in [2.05, 4.69) is 32.3 Å². The number of nitrogens with one attached hydrogen (secondary N) is 1. The second kappa shape index (κ2) is 7.00. The zero-order valence-electron chi connectivity index (χ0n) is 15.2. The van der Waals surface area contributed by atoms with Crippen LogP contribution in [0, 0.1) is 13.8 Å². The molecule has 4 rings (SSSR count). The van der Waals surface area contributed by atoms with Crippen LogP contribution in [0.15, 0.2) is 48.5 Å². The standard InChI is InChI=1S/C21H19ClN4O/c1-13-7-8-16(22)12-17(13)24-20(27)18-11-14(2)23-21(25-18)26-10-9-15-5-3-4-6-19(15)26/h3-8,11-12H,9-10H2,1-2H3,(H,24,27). The molecule has 136 valence electrons. The van der Waals surface area contributed by atoms with E-state index in [0.29, 0.717) is 22.4 Å². The summed E-state index contributed by atoms with van der Waals surface area (Å²) in [5.74, 6) is 0.271. The van der Waals surface area contributed by atoms with Gasteiger partial charge >= 0.3 is 0 Å². The first-order valence-corrected chi connectivity index (χ1v) is 9.18. The number of aromatic nitrogens is 2. The Kier molecular flexibility index (Phi) is 4.54. The number of amides is 1. The van der Waals surface area contributed by atoms with Crippen molar-refractivity contribution in [2.45, 2.75) is 20.3 Å². The van der Waals surface area contributed by atoms with Gasteiger partial charge in [-0.15, -0.1) is 0 Å². The molecule has 0 radical (unpaired) electrons. The summed E-state index contributed by atoms with van der Waals surface area (Å²) in [5.41, 5.74) is 5.06. The summed E-state index contributed by atoms with van der Waals surface area (Å²) in [6, 6.07) is 15.3. The molecule has 6 heteroatoms. The maximum absolute atomic E-state index is 12.8. The monoisotopic (exact) mass is 378 g/mol. The highest BCUT2D eigenvalue weighted by Gasteiger charge is 2.23. The number of carbonyl (C=O) groups excluding carboxylic acids is 1. The molecule has 0 fully saturated rings. The molecule has 5 nitrogen and oxygen atoms in total. The van der Waals surface area contributed by atoms with E-state index in [9.17, 15) is 4.79 Å². The fourth-order valence-corrected chi connectivity index (χ4v) is 3.42. The van der Waals surface area contributed by atoms with Crippen molar-refractivity contribution in [3.05, 3.63) is 76.1 Å². The van der Waals surface area contributed by atoms with Crippen molar-refractivity contribution in [1.82, 2.24) is 9.97 Å². The number of halogens is 1. The van der Waals surface area contributed by atoms with Crippen molar-refractivity contribution in [3.63, 3.8) is 0 Å². The smallest absolute Gasteiger partial charge is 0.274 e. The molecule has 0 unspecified atom stereocenters. The lowest BCUT2D eigenvalue weighted by atomic mass is 10.2. The number of benzene rings is 2.